The van der Waals surface area contributed by atoms with Crippen LogP contribution in [0, 0.1) is 0 Å². The molecule has 0 radical (unpaired) electrons. The number of anilines is 1. The van der Waals surface area contributed by atoms with Crippen LogP contribution in [0.5, 0.6) is 23.1 Å². The highest BCUT2D eigenvalue weighted by atomic mass is 35.5. The van der Waals surface area contributed by atoms with Crippen LogP contribution in [0.25, 0.3) is 0 Å². The van der Waals surface area contributed by atoms with Gasteiger partial charge in [-0.05, 0) is 60.7 Å². The molecule has 0 aliphatic heterocycles. The maximum atomic E-state index is 12.6. The summed E-state index contributed by atoms with van der Waals surface area (Å²) in [6.07, 6.45) is 1.72. The van der Waals surface area contributed by atoms with E-state index in [-0.39, 0.29) is 12.3 Å². The SMILES string of the molecule is COc1ccc(Oc2ncccc2NC(=O)Cc2csc(COc3ccc(Cl)cc3)n2)cc1. The zero-order chi connectivity index (χ0) is 23.0. The van der Waals surface area contributed by atoms with E-state index in [0.717, 1.165) is 10.8 Å². The van der Waals surface area contributed by atoms with Gasteiger partial charge in [0.05, 0.1) is 19.2 Å². The highest BCUT2D eigenvalue weighted by Crippen LogP contribution is 2.28. The van der Waals surface area contributed by atoms with Crippen molar-refractivity contribution in [2.45, 2.75) is 13.0 Å². The summed E-state index contributed by atoms with van der Waals surface area (Å²) in [4.78, 5) is 21.3. The molecule has 33 heavy (non-hydrogen) atoms. The van der Waals surface area contributed by atoms with E-state index in [9.17, 15) is 4.79 Å². The highest BCUT2D eigenvalue weighted by molar-refractivity contribution is 7.09. The molecule has 2 aromatic carbocycles. The van der Waals surface area contributed by atoms with Crippen LogP contribution in [-0.4, -0.2) is 23.0 Å². The largest absolute Gasteiger partial charge is 0.497 e. The number of benzene rings is 2. The molecule has 1 amide bonds. The molecule has 4 rings (SSSR count). The van der Waals surface area contributed by atoms with Gasteiger partial charge in [-0.15, -0.1) is 11.3 Å². The molecule has 0 aliphatic carbocycles. The van der Waals surface area contributed by atoms with Crippen molar-refractivity contribution in [1.82, 2.24) is 9.97 Å². The molecule has 0 unspecified atom stereocenters. The number of carbonyl (C=O) groups is 1. The third-order valence-electron chi connectivity index (χ3n) is 4.44. The Bertz CT molecular complexity index is 1210. The lowest BCUT2D eigenvalue weighted by Gasteiger charge is -2.11. The van der Waals surface area contributed by atoms with E-state index < -0.39 is 0 Å². The molecule has 7 nitrogen and oxygen atoms in total. The van der Waals surface area contributed by atoms with Crippen molar-refractivity contribution < 1.29 is 19.0 Å². The fraction of sp³-hybridized carbons (Fsp3) is 0.125. The van der Waals surface area contributed by atoms with E-state index in [1.54, 1.807) is 74.0 Å². The average Bonchev–Trinajstić information content (AvgIpc) is 3.27. The number of nitrogens with one attached hydrogen (secondary N) is 1. The number of aromatic nitrogens is 2. The quantitative estimate of drug-likeness (QED) is 0.327. The Morgan fingerprint density at radius 3 is 2.52 bits per heavy atom. The highest BCUT2D eigenvalue weighted by Gasteiger charge is 2.13. The van der Waals surface area contributed by atoms with Crippen molar-refractivity contribution >= 4 is 34.5 Å². The lowest BCUT2D eigenvalue weighted by atomic mass is 10.3. The first-order chi connectivity index (χ1) is 16.1. The second kappa shape index (κ2) is 10.8. The minimum absolute atomic E-state index is 0.119. The summed E-state index contributed by atoms with van der Waals surface area (Å²) in [5.41, 5.74) is 1.13. The van der Waals surface area contributed by atoms with E-state index in [4.69, 9.17) is 25.8 Å². The predicted octanol–water partition coefficient (Wildman–Crippen LogP) is 5.75. The normalized spacial score (nSPS) is 10.5. The van der Waals surface area contributed by atoms with Gasteiger partial charge in [0.15, 0.2) is 0 Å². The maximum Gasteiger partial charge on any atom is 0.243 e. The summed E-state index contributed by atoms with van der Waals surface area (Å²) in [7, 11) is 1.60. The molecule has 0 spiro atoms. The van der Waals surface area contributed by atoms with Gasteiger partial charge in [-0.2, -0.15) is 0 Å². The number of halogens is 1. The topological polar surface area (TPSA) is 82.6 Å². The maximum absolute atomic E-state index is 12.6. The first kappa shape index (κ1) is 22.6. The Morgan fingerprint density at radius 1 is 1.03 bits per heavy atom. The van der Waals surface area contributed by atoms with Crippen molar-refractivity contribution in [2.24, 2.45) is 0 Å². The monoisotopic (exact) mass is 481 g/mol. The third-order valence-corrected chi connectivity index (χ3v) is 5.56. The Labute approximate surface area is 199 Å². The summed E-state index contributed by atoms with van der Waals surface area (Å²) in [5, 5.41) is 6.11. The number of hydrogen-bond acceptors (Lipinski definition) is 7. The van der Waals surface area contributed by atoms with Gasteiger partial charge in [0.2, 0.25) is 11.8 Å². The van der Waals surface area contributed by atoms with Gasteiger partial charge in [-0.1, -0.05) is 11.6 Å². The fourth-order valence-electron chi connectivity index (χ4n) is 2.85. The molecule has 0 saturated heterocycles. The van der Waals surface area contributed by atoms with Crippen LogP contribution in [0.4, 0.5) is 5.69 Å². The number of hydrogen-bond donors (Lipinski definition) is 1. The van der Waals surface area contributed by atoms with Crippen LogP contribution in [0.1, 0.15) is 10.7 Å². The van der Waals surface area contributed by atoms with Crippen LogP contribution < -0.4 is 19.5 Å². The van der Waals surface area contributed by atoms with Crippen LogP contribution >= 0.6 is 22.9 Å². The Morgan fingerprint density at radius 2 is 1.76 bits per heavy atom. The first-order valence-corrected chi connectivity index (χ1v) is 11.2. The van der Waals surface area contributed by atoms with E-state index in [2.05, 4.69) is 15.3 Å². The number of methoxy groups -OCH3 is 1. The average molecular weight is 482 g/mol. The van der Waals surface area contributed by atoms with Crippen LogP contribution in [-0.2, 0) is 17.8 Å². The van der Waals surface area contributed by atoms with Crippen molar-refractivity contribution in [3.05, 3.63) is 88.0 Å². The molecule has 0 atom stereocenters. The number of carbonyl (C=O) groups excluding carboxylic acids is 1. The minimum atomic E-state index is -0.224. The van der Waals surface area contributed by atoms with Crippen LogP contribution in [0.3, 0.4) is 0 Å². The molecular formula is C24H20ClN3O4S. The lowest BCUT2D eigenvalue weighted by Crippen LogP contribution is -2.15. The van der Waals surface area contributed by atoms with E-state index in [0.29, 0.717) is 40.4 Å². The molecule has 0 aliphatic rings. The second-order valence-electron chi connectivity index (χ2n) is 6.83. The van der Waals surface area contributed by atoms with Crippen molar-refractivity contribution in [1.29, 1.82) is 0 Å². The predicted molar refractivity (Wildman–Crippen MR) is 128 cm³/mol. The summed E-state index contributed by atoms with van der Waals surface area (Å²) < 4.78 is 16.7. The van der Waals surface area contributed by atoms with Gasteiger partial charge in [-0.3, -0.25) is 4.79 Å². The second-order valence-corrected chi connectivity index (χ2v) is 8.21. The zero-order valence-corrected chi connectivity index (χ0v) is 19.2. The number of ether oxygens (including phenoxy) is 3. The number of thiazole rings is 1. The molecule has 0 fully saturated rings. The van der Waals surface area contributed by atoms with Crippen molar-refractivity contribution in [3.8, 4) is 23.1 Å². The number of pyridine rings is 1. The molecule has 0 saturated carbocycles. The van der Waals surface area contributed by atoms with Crippen LogP contribution in [0.15, 0.2) is 72.2 Å². The summed E-state index contributed by atoms with van der Waals surface area (Å²) >= 11 is 7.32. The molecule has 2 heterocycles. The third kappa shape index (κ3) is 6.44. The summed E-state index contributed by atoms with van der Waals surface area (Å²) in [6.45, 7) is 0.316. The Balaban J connectivity index is 1.34. The number of nitrogens with zero attached hydrogens (tertiary/aromatic N) is 2. The minimum Gasteiger partial charge on any atom is -0.497 e. The first-order valence-electron chi connectivity index (χ1n) is 9.97. The molecule has 0 bridgehead atoms. The van der Waals surface area contributed by atoms with E-state index >= 15 is 0 Å². The molecule has 4 aromatic rings. The van der Waals surface area contributed by atoms with Gasteiger partial charge >= 0.3 is 0 Å². The summed E-state index contributed by atoms with van der Waals surface area (Å²) in [5.74, 6) is 2.08. The Kier molecular flexibility index (Phi) is 7.39. The zero-order valence-electron chi connectivity index (χ0n) is 17.7. The molecule has 2 aromatic heterocycles. The standard InChI is InChI=1S/C24H20ClN3O4S/c1-30-18-8-10-20(11-9-18)32-24-21(3-2-12-26-24)28-22(29)13-17-15-33-23(27-17)14-31-19-6-4-16(25)5-7-19/h2-12,15H,13-14H2,1H3,(H,28,29). The number of amides is 1. The van der Waals surface area contributed by atoms with Crippen LogP contribution in [0.2, 0.25) is 5.02 Å². The van der Waals surface area contributed by atoms with Crippen molar-refractivity contribution in [2.75, 3.05) is 12.4 Å². The van der Waals surface area contributed by atoms with Crippen molar-refractivity contribution in [3.63, 3.8) is 0 Å². The summed E-state index contributed by atoms with van der Waals surface area (Å²) in [6, 6.07) is 17.7. The van der Waals surface area contributed by atoms with Gasteiger partial charge in [-0.25, -0.2) is 9.97 Å². The van der Waals surface area contributed by atoms with E-state index in [1.165, 1.54) is 11.3 Å². The number of rotatable bonds is 9. The lowest BCUT2D eigenvalue weighted by molar-refractivity contribution is -0.115. The molecule has 1 N–H and O–H groups in total. The Hall–Kier alpha value is -3.62. The molecule has 9 heteroatoms. The van der Waals surface area contributed by atoms with Gasteiger partial charge in [0.25, 0.3) is 0 Å². The van der Waals surface area contributed by atoms with Gasteiger partial charge in [0, 0.05) is 16.6 Å². The van der Waals surface area contributed by atoms with E-state index in [1.807, 2.05) is 5.38 Å². The fourth-order valence-corrected chi connectivity index (χ4v) is 3.68. The smallest absolute Gasteiger partial charge is 0.243 e. The molecule has 168 valence electrons. The molecular weight excluding hydrogens is 462 g/mol. The van der Waals surface area contributed by atoms with Gasteiger partial charge in [0.1, 0.15) is 34.6 Å². The van der Waals surface area contributed by atoms with Gasteiger partial charge < -0.3 is 19.5 Å².